The number of carboxylic acid groups (broad SMARTS) is 1. The Bertz CT molecular complexity index is 1210. The summed E-state index contributed by atoms with van der Waals surface area (Å²) in [4.78, 5) is 25.9. The van der Waals surface area contributed by atoms with Crippen LogP contribution >= 0.6 is 0 Å². The number of aliphatic carboxylic acids is 1. The van der Waals surface area contributed by atoms with Crippen LogP contribution in [0.2, 0.25) is 0 Å². The summed E-state index contributed by atoms with van der Waals surface area (Å²) in [6, 6.07) is 0. The van der Waals surface area contributed by atoms with Gasteiger partial charge in [-0.05, 0) is 104 Å². The van der Waals surface area contributed by atoms with Gasteiger partial charge in [-0.25, -0.2) is 4.79 Å². The quantitative estimate of drug-likeness (QED) is 0.178. The van der Waals surface area contributed by atoms with Gasteiger partial charge in [0.1, 0.15) is 24.4 Å². The molecule has 9 heteroatoms. The Kier molecular flexibility index (Phi) is 8.73. The predicted molar refractivity (Wildman–Crippen MR) is 168 cm³/mol. The molecule has 0 saturated heterocycles. The predicted octanol–water partition coefficient (Wildman–Crippen LogP) is 4.22. The van der Waals surface area contributed by atoms with Crippen LogP contribution in [0, 0.1) is 50.2 Å². The van der Waals surface area contributed by atoms with Gasteiger partial charge in [0.15, 0.2) is 6.10 Å². The highest BCUT2D eigenvalue weighted by molar-refractivity contribution is 5.80. The zero-order valence-corrected chi connectivity index (χ0v) is 28.4. The van der Waals surface area contributed by atoms with Crippen molar-refractivity contribution in [3.8, 4) is 0 Å². The molecule has 256 valence electrons. The lowest BCUT2D eigenvalue weighted by molar-refractivity contribution is -0.237. The second-order valence-electron chi connectivity index (χ2n) is 17.6. The first-order chi connectivity index (χ1) is 20.7. The lowest BCUT2D eigenvalue weighted by atomic mass is 9.32. The highest BCUT2D eigenvalue weighted by Crippen LogP contribution is 2.76. The molecule has 12 unspecified atom stereocenters. The van der Waals surface area contributed by atoms with Crippen molar-refractivity contribution in [3.63, 3.8) is 0 Å². The Labute approximate surface area is 268 Å². The summed E-state index contributed by atoms with van der Waals surface area (Å²) in [7, 11) is 0. The van der Waals surface area contributed by atoms with Gasteiger partial charge in [-0.2, -0.15) is 0 Å². The third-order valence-electron chi connectivity index (χ3n) is 14.7. The van der Waals surface area contributed by atoms with Crippen LogP contribution in [0.1, 0.15) is 113 Å². The highest BCUT2D eigenvalue weighted by atomic mass is 16.6. The van der Waals surface area contributed by atoms with Gasteiger partial charge in [0.25, 0.3) is 0 Å². The first-order valence-electron chi connectivity index (χ1n) is 17.2. The second-order valence-corrected chi connectivity index (χ2v) is 17.6. The number of esters is 1. The monoisotopic (exact) mass is 634 g/mol. The van der Waals surface area contributed by atoms with Gasteiger partial charge in [-0.3, -0.25) is 4.79 Å². The number of ether oxygens (including phenoxy) is 1. The summed E-state index contributed by atoms with van der Waals surface area (Å²) in [6.45, 7) is 15.3. The van der Waals surface area contributed by atoms with Gasteiger partial charge in [0.2, 0.25) is 0 Å². The summed E-state index contributed by atoms with van der Waals surface area (Å²) in [5.41, 5.74) is 0.0192. The molecule has 0 amide bonds. The molecule has 45 heavy (non-hydrogen) atoms. The summed E-state index contributed by atoms with van der Waals surface area (Å²) in [5.74, 6) is -0.775. The molecule has 5 rings (SSSR count). The minimum absolute atomic E-state index is 0.00584. The number of allylic oxidation sites excluding steroid dienone is 1. The van der Waals surface area contributed by atoms with E-state index in [0.29, 0.717) is 25.2 Å². The van der Waals surface area contributed by atoms with Crippen molar-refractivity contribution in [2.75, 3.05) is 6.61 Å². The molecule has 0 aromatic carbocycles. The molecule has 0 heterocycles. The maximum atomic E-state index is 13.0. The van der Waals surface area contributed by atoms with Gasteiger partial charge in [0, 0.05) is 5.41 Å². The molecule has 0 spiro atoms. The summed E-state index contributed by atoms with van der Waals surface area (Å²) >= 11 is 0. The Hall–Kier alpha value is -1.52. The average molecular weight is 635 g/mol. The Morgan fingerprint density at radius 3 is 2.07 bits per heavy atom. The van der Waals surface area contributed by atoms with Crippen LogP contribution < -0.4 is 0 Å². The summed E-state index contributed by atoms with van der Waals surface area (Å²) in [6.07, 6.45) is 2.85. The van der Waals surface area contributed by atoms with E-state index in [0.717, 1.165) is 44.9 Å². The molecule has 6 N–H and O–H groups in total. The minimum atomic E-state index is -2.06. The van der Waals surface area contributed by atoms with E-state index in [1.54, 1.807) is 0 Å². The second kappa shape index (κ2) is 11.3. The number of carboxylic acids is 1. The first kappa shape index (κ1) is 34.8. The van der Waals surface area contributed by atoms with Crippen molar-refractivity contribution >= 4 is 11.9 Å². The molecule has 4 saturated carbocycles. The van der Waals surface area contributed by atoms with Crippen LogP contribution in [0.5, 0.6) is 0 Å². The molecule has 12 atom stereocenters. The molecule has 0 aromatic heterocycles. The van der Waals surface area contributed by atoms with E-state index in [4.69, 9.17) is 9.84 Å². The van der Waals surface area contributed by atoms with Crippen LogP contribution in [-0.2, 0) is 14.3 Å². The molecule has 0 aromatic rings. The molecule has 0 radical (unpaired) electrons. The molecule has 5 aliphatic carbocycles. The highest BCUT2D eigenvalue weighted by Gasteiger charge is 2.70. The standard InChI is InChI=1S/C36H58O9/c1-31(2)14-16-36(30(43)44)17-15-34(6)20(21(36)18-31)8-9-24-33(5)12-11-25(32(3,4)23(33)10-13-35(24,34)7)45-29(42)28(41)27(40)26(39)22(38)19-37/h18,20,22-28,37-41H,8-17,19H2,1-7H3,(H,43,44). The SMILES string of the molecule is CC1(C)C=C2C3CCC4C5(C)CCC(OC(=O)C(O)C(O)C(O)C(O)CO)C(C)(C)C5CCC4(C)C3(C)CCC2(C(=O)O)CC1. The van der Waals surface area contributed by atoms with Gasteiger partial charge in [-0.15, -0.1) is 0 Å². The summed E-state index contributed by atoms with van der Waals surface area (Å²) < 4.78 is 5.86. The smallest absolute Gasteiger partial charge is 0.338 e. The average Bonchev–Trinajstić information content (AvgIpc) is 2.96. The number of hydrogen-bond acceptors (Lipinski definition) is 8. The summed E-state index contributed by atoms with van der Waals surface area (Å²) in [5, 5.41) is 60.1. The van der Waals surface area contributed by atoms with Gasteiger partial charge < -0.3 is 35.4 Å². The molecule has 0 aliphatic heterocycles. The zero-order valence-electron chi connectivity index (χ0n) is 28.4. The molecule has 9 nitrogen and oxygen atoms in total. The number of hydrogen-bond donors (Lipinski definition) is 6. The number of aliphatic hydroxyl groups is 5. The maximum Gasteiger partial charge on any atom is 0.338 e. The van der Waals surface area contributed by atoms with Crippen LogP contribution in [0.4, 0.5) is 0 Å². The normalized spacial score (nSPS) is 44.4. The van der Waals surface area contributed by atoms with Crippen molar-refractivity contribution in [1.82, 2.24) is 0 Å². The van der Waals surface area contributed by atoms with Crippen molar-refractivity contribution < 1.29 is 45.0 Å². The number of aliphatic hydroxyl groups excluding tert-OH is 5. The molecular formula is C36H58O9. The maximum absolute atomic E-state index is 13.0. The van der Waals surface area contributed by atoms with E-state index < -0.39 is 59.9 Å². The third kappa shape index (κ3) is 5.04. The van der Waals surface area contributed by atoms with Crippen LogP contribution in [0.15, 0.2) is 11.6 Å². The van der Waals surface area contributed by atoms with E-state index in [-0.39, 0.29) is 33.5 Å². The third-order valence-corrected chi connectivity index (χ3v) is 14.7. The largest absolute Gasteiger partial charge is 0.481 e. The van der Waals surface area contributed by atoms with Crippen LogP contribution in [0.3, 0.4) is 0 Å². The van der Waals surface area contributed by atoms with Crippen molar-refractivity contribution in [2.45, 2.75) is 143 Å². The Morgan fingerprint density at radius 2 is 1.44 bits per heavy atom. The lowest BCUT2D eigenvalue weighted by Gasteiger charge is -2.72. The van der Waals surface area contributed by atoms with Gasteiger partial charge in [-0.1, -0.05) is 60.1 Å². The van der Waals surface area contributed by atoms with E-state index in [1.165, 1.54) is 5.57 Å². The number of rotatable bonds is 7. The fourth-order valence-corrected chi connectivity index (χ4v) is 11.8. The van der Waals surface area contributed by atoms with E-state index in [1.807, 2.05) is 0 Å². The fourth-order valence-electron chi connectivity index (χ4n) is 11.8. The van der Waals surface area contributed by atoms with E-state index >= 15 is 0 Å². The molecule has 4 fully saturated rings. The van der Waals surface area contributed by atoms with Crippen LogP contribution in [-0.4, -0.2) is 79.7 Å². The van der Waals surface area contributed by atoms with Crippen molar-refractivity contribution in [1.29, 1.82) is 0 Å². The minimum Gasteiger partial charge on any atom is -0.481 e. The lowest BCUT2D eigenvalue weighted by Crippen LogP contribution is -2.66. The zero-order chi connectivity index (χ0) is 33.5. The topological polar surface area (TPSA) is 165 Å². The first-order valence-corrected chi connectivity index (χ1v) is 17.2. The number of carbonyl (C=O) groups is 2. The number of fused-ring (bicyclic) bond motifs is 7. The van der Waals surface area contributed by atoms with Crippen molar-refractivity contribution in [3.05, 3.63) is 11.6 Å². The Balaban J connectivity index is 1.39. The number of carbonyl (C=O) groups excluding carboxylic acids is 1. The van der Waals surface area contributed by atoms with E-state index in [2.05, 4.69) is 54.5 Å². The molecule has 5 aliphatic rings. The van der Waals surface area contributed by atoms with Gasteiger partial charge in [0.05, 0.1) is 12.0 Å². The van der Waals surface area contributed by atoms with Crippen LogP contribution in [0.25, 0.3) is 0 Å². The Morgan fingerprint density at radius 1 is 0.800 bits per heavy atom. The van der Waals surface area contributed by atoms with Crippen molar-refractivity contribution in [2.24, 2.45) is 50.2 Å². The van der Waals surface area contributed by atoms with Gasteiger partial charge >= 0.3 is 11.9 Å². The fraction of sp³-hybridized carbons (Fsp3) is 0.889. The molecule has 0 bridgehead atoms. The molecular weight excluding hydrogens is 576 g/mol. The van der Waals surface area contributed by atoms with E-state index in [9.17, 15) is 35.1 Å².